The van der Waals surface area contributed by atoms with Gasteiger partial charge < -0.3 is 5.32 Å². The van der Waals surface area contributed by atoms with Crippen molar-refractivity contribution in [3.63, 3.8) is 0 Å². The number of aryl methyl sites for hydroxylation is 1. The Balaban J connectivity index is 2.27. The zero-order chi connectivity index (χ0) is 13.2. The third-order valence-corrected chi connectivity index (χ3v) is 5.28. The van der Waals surface area contributed by atoms with Gasteiger partial charge in [-0.2, -0.15) is 0 Å². The van der Waals surface area contributed by atoms with Crippen LogP contribution in [0.5, 0.6) is 0 Å². The fourth-order valence-electron chi connectivity index (χ4n) is 3.94. The van der Waals surface area contributed by atoms with Crippen LogP contribution < -0.4 is 5.32 Å². The first-order chi connectivity index (χ1) is 8.57. The van der Waals surface area contributed by atoms with Gasteiger partial charge in [-0.1, -0.05) is 26.7 Å². The summed E-state index contributed by atoms with van der Waals surface area (Å²) in [6, 6.07) is 2.93. The highest BCUT2D eigenvalue weighted by atomic mass is 32.1. The van der Waals surface area contributed by atoms with Gasteiger partial charge >= 0.3 is 0 Å². The van der Waals surface area contributed by atoms with Crippen LogP contribution in [-0.2, 0) is 0 Å². The van der Waals surface area contributed by atoms with Gasteiger partial charge in [0.05, 0.1) is 0 Å². The Bertz CT molecular complexity index is 374. The van der Waals surface area contributed by atoms with Crippen LogP contribution in [0, 0.1) is 18.3 Å². The second-order valence-corrected chi connectivity index (χ2v) is 7.50. The quantitative estimate of drug-likeness (QED) is 0.796. The summed E-state index contributed by atoms with van der Waals surface area (Å²) in [5.74, 6) is 0.790. The maximum Gasteiger partial charge on any atom is 0.0383 e. The molecule has 1 N–H and O–H groups in total. The van der Waals surface area contributed by atoms with Gasteiger partial charge in [0.15, 0.2) is 0 Å². The summed E-state index contributed by atoms with van der Waals surface area (Å²) >= 11 is 1.88. The molecule has 0 radical (unpaired) electrons. The maximum absolute atomic E-state index is 3.63. The van der Waals surface area contributed by atoms with Gasteiger partial charge in [-0.25, -0.2) is 0 Å². The highest BCUT2D eigenvalue weighted by molar-refractivity contribution is 7.10. The topological polar surface area (TPSA) is 12.0 Å². The van der Waals surface area contributed by atoms with Crippen molar-refractivity contribution >= 4 is 11.3 Å². The van der Waals surface area contributed by atoms with E-state index >= 15 is 0 Å². The summed E-state index contributed by atoms with van der Waals surface area (Å²) in [7, 11) is 2.14. The van der Waals surface area contributed by atoms with E-state index in [9.17, 15) is 0 Å². The molecule has 1 aromatic heterocycles. The summed E-state index contributed by atoms with van der Waals surface area (Å²) in [6.07, 6.45) is 6.96. The molecule has 1 unspecified atom stereocenters. The maximum atomic E-state index is 3.63. The standard InChI is InChI=1S/C16H27NS/c1-12(2)10-16(7-5-6-8-16)15(17-4)14-9-13(3)18-11-14/h9,11-12,15,17H,5-8,10H2,1-4H3. The minimum atomic E-state index is 0.496. The zero-order valence-electron chi connectivity index (χ0n) is 12.3. The van der Waals surface area contributed by atoms with E-state index in [-0.39, 0.29) is 0 Å². The second kappa shape index (κ2) is 5.75. The molecule has 0 bridgehead atoms. The lowest BCUT2D eigenvalue weighted by Crippen LogP contribution is -2.35. The largest absolute Gasteiger partial charge is 0.313 e. The van der Waals surface area contributed by atoms with Crippen LogP contribution in [0.25, 0.3) is 0 Å². The molecule has 0 saturated heterocycles. The highest BCUT2D eigenvalue weighted by Crippen LogP contribution is 2.51. The lowest BCUT2D eigenvalue weighted by molar-refractivity contribution is 0.162. The average Bonchev–Trinajstić information content (AvgIpc) is 2.89. The van der Waals surface area contributed by atoms with Crippen LogP contribution in [0.3, 0.4) is 0 Å². The molecule has 0 amide bonds. The van der Waals surface area contributed by atoms with Crippen molar-refractivity contribution < 1.29 is 0 Å². The molecule has 1 saturated carbocycles. The van der Waals surface area contributed by atoms with E-state index in [1.807, 2.05) is 11.3 Å². The van der Waals surface area contributed by atoms with E-state index in [1.54, 1.807) is 0 Å². The summed E-state index contributed by atoms with van der Waals surface area (Å²) in [5.41, 5.74) is 2.01. The molecule has 0 spiro atoms. The second-order valence-electron chi connectivity index (χ2n) is 6.38. The van der Waals surface area contributed by atoms with Crippen LogP contribution >= 0.6 is 11.3 Å². The first kappa shape index (κ1) is 14.1. The van der Waals surface area contributed by atoms with E-state index in [1.165, 1.54) is 42.5 Å². The molecule has 18 heavy (non-hydrogen) atoms. The molecule has 1 fully saturated rings. The fraction of sp³-hybridized carbons (Fsp3) is 0.750. The lowest BCUT2D eigenvalue weighted by Gasteiger charge is -2.39. The van der Waals surface area contributed by atoms with Gasteiger partial charge in [-0.3, -0.25) is 0 Å². The Kier molecular flexibility index (Phi) is 4.50. The number of thiophene rings is 1. The molecule has 1 atom stereocenters. The first-order valence-corrected chi connectivity index (χ1v) is 8.18. The van der Waals surface area contributed by atoms with Gasteiger partial charge in [0, 0.05) is 10.9 Å². The summed E-state index contributed by atoms with van der Waals surface area (Å²) in [6.45, 7) is 6.95. The number of hydrogen-bond donors (Lipinski definition) is 1. The Hall–Kier alpha value is -0.340. The highest BCUT2D eigenvalue weighted by Gasteiger charge is 2.41. The van der Waals surface area contributed by atoms with Crippen molar-refractivity contribution in [2.24, 2.45) is 11.3 Å². The SMILES string of the molecule is CNC(c1csc(C)c1)C1(CC(C)C)CCCC1. The smallest absolute Gasteiger partial charge is 0.0383 e. The summed E-state index contributed by atoms with van der Waals surface area (Å²) < 4.78 is 0. The van der Waals surface area contributed by atoms with Crippen molar-refractivity contribution in [2.45, 2.75) is 58.9 Å². The predicted molar refractivity (Wildman–Crippen MR) is 81.2 cm³/mol. The van der Waals surface area contributed by atoms with E-state index in [0.717, 1.165) is 5.92 Å². The minimum absolute atomic E-state index is 0.496. The van der Waals surface area contributed by atoms with Crippen LogP contribution in [0.15, 0.2) is 11.4 Å². The third kappa shape index (κ3) is 2.80. The van der Waals surface area contributed by atoms with Crippen LogP contribution in [0.4, 0.5) is 0 Å². The lowest BCUT2D eigenvalue weighted by atomic mass is 9.71. The molecule has 2 rings (SSSR count). The third-order valence-electron chi connectivity index (χ3n) is 4.40. The molecule has 0 aliphatic heterocycles. The molecule has 2 heteroatoms. The van der Waals surface area contributed by atoms with Gasteiger partial charge in [0.1, 0.15) is 0 Å². The van der Waals surface area contributed by atoms with Gasteiger partial charge in [0.2, 0.25) is 0 Å². The Morgan fingerprint density at radius 3 is 2.44 bits per heavy atom. The van der Waals surface area contributed by atoms with E-state index in [2.05, 4.69) is 44.6 Å². The molecular weight excluding hydrogens is 238 g/mol. The van der Waals surface area contributed by atoms with Crippen molar-refractivity contribution in [3.8, 4) is 0 Å². The van der Waals surface area contributed by atoms with Crippen LogP contribution in [0.2, 0.25) is 0 Å². The number of hydrogen-bond acceptors (Lipinski definition) is 2. The summed E-state index contributed by atoms with van der Waals surface area (Å²) in [4.78, 5) is 1.43. The first-order valence-electron chi connectivity index (χ1n) is 7.30. The van der Waals surface area contributed by atoms with Gasteiger partial charge in [-0.05, 0) is 61.6 Å². The Morgan fingerprint density at radius 2 is 2.00 bits per heavy atom. The molecule has 0 aromatic carbocycles. The van der Waals surface area contributed by atoms with E-state index < -0.39 is 0 Å². The summed E-state index contributed by atoms with van der Waals surface area (Å²) in [5, 5.41) is 5.98. The molecule has 1 aromatic rings. The van der Waals surface area contributed by atoms with Crippen molar-refractivity contribution in [2.75, 3.05) is 7.05 Å². The van der Waals surface area contributed by atoms with E-state index in [4.69, 9.17) is 0 Å². The van der Waals surface area contributed by atoms with E-state index in [0.29, 0.717) is 11.5 Å². The van der Waals surface area contributed by atoms with Crippen molar-refractivity contribution in [1.29, 1.82) is 0 Å². The average molecular weight is 265 g/mol. The van der Waals surface area contributed by atoms with Gasteiger partial charge in [0.25, 0.3) is 0 Å². The monoisotopic (exact) mass is 265 g/mol. The predicted octanol–water partition coefficient (Wildman–Crippen LogP) is 4.92. The van der Waals surface area contributed by atoms with Crippen molar-refractivity contribution in [1.82, 2.24) is 5.32 Å². The molecule has 1 aliphatic carbocycles. The van der Waals surface area contributed by atoms with Crippen LogP contribution in [0.1, 0.15) is 62.4 Å². The van der Waals surface area contributed by atoms with Crippen molar-refractivity contribution in [3.05, 3.63) is 21.9 Å². The Morgan fingerprint density at radius 1 is 1.33 bits per heavy atom. The van der Waals surface area contributed by atoms with Crippen LogP contribution in [-0.4, -0.2) is 7.05 Å². The molecule has 1 nitrogen and oxygen atoms in total. The fourth-order valence-corrected chi connectivity index (χ4v) is 4.67. The van der Waals surface area contributed by atoms with Gasteiger partial charge in [-0.15, -0.1) is 11.3 Å². The number of rotatable bonds is 5. The minimum Gasteiger partial charge on any atom is -0.313 e. The zero-order valence-corrected chi connectivity index (χ0v) is 13.1. The number of nitrogens with one attached hydrogen (secondary N) is 1. The normalized spacial score (nSPS) is 20.5. The molecular formula is C16H27NS. The molecule has 1 heterocycles. The molecule has 1 aliphatic rings. The Labute approximate surface area is 116 Å². The molecule has 102 valence electrons.